The lowest BCUT2D eigenvalue weighted by Crippen LogP contribution is -1.88. The van der Waals surface area contributed by atoms with E-state index in [-0.39, 0.29) is 0 Å². The summed E-state index contributed by atoms with van der Waals surface area (Å²) in [6.45, 7) is 0. The number of aromatic nitrogens is 1. The summed E-state index contributed by atoms with van der Waals surface area (Å²) in [4.78, 5) is 2.78. The number of hydrogen-bond acceptors (Lipinski definition) is 2. The Labute approximate surface area is 92.1 Å². The Bertz CT molecular complexity index is 554. The maximum absolute atomic E-state index is 13.7. The van der Waals surface area contributed by atoms with Crippen molar-refractivity contribution in [2.45, 2.75) is 0 Å². The number of hydrogen-bond donors (Lipinski definition) is 1. The molecular formula is C12H9FN2O. The summed E-state index contributed by atoms with van der Waals surface area (Å²) in [5.41, 5.74) is 1.37. The molecule has 0 fully saturated rings. The van der Waals surface area contributed by atoms with E-state index in [0.29, 0.717) is 22.4 Å². The highest BCUT2D eigenvalue weighted by molar-refractivity contribution is 5.70. The van der Waals surface area contributed by atoms with Gasteiger partial charge in [0.1, 0.15) is 17.6 Å². The fourth-order valence-corrected chi connectivity index (χ4v) is 1.52. The number of methoxy groups -OCH3 is 1. The smallest absolute Gasteiger partial charge is 0.134 e. The summed E-state index contributed by atoms with van der Waals surface area (Å²) in [6.07, 6.45) is 3.14. The van der Waals surface area contributed by atoms with E-state index in [2.05, 4.69) is 4.98 Å². The molecule has 0 spiro atoms. The first kappa shape index (κ1) is 10.2. The van der Waals surface area contributed by atoms with Crippen molar-refractivity contribution in [1.29, 1.82) is 5.26 Å². The number of nitrogens with one attached hydrogen (secondary N) is 1. The van der Waals surface area contributed by atoms with Crippen molar-refractivity contribution in [3.8, 4) is 22.9 Å². The molecule has 0 atom stereocenters. The first-order valence-electron chi connectivity index (χ1n) is 4.67. The van der Waals surface area contributed by atoms with Crippen molar-refractivity contribution >= 4 is 0 Å². The summed E-state index contributed by atoms with van der Waals surface area (Å²) >= 11 is 0. The Balaban J connectivity index is 2.53. The number of ether oxygens (including phenoxy) is 1. The average Bonchev–Trinajstić information content (AvgIpc) is 2.76. The fourth-order valence-electron chi connectivity index (χ4n) is 1.52. The number of nitriles is 1. The minimum absolute atomic E-state index is 0.388. The summed E-state index contributed by atoms with van der Waals surface area (Å²) in [5.74, 6) is 0.0470. The van der Waals surface area contributed by atoms with Crippen LogP contribution < -0.4 is 4.74 Å². The van der Waals surface area contributed by atoms with Gasteiger partial charge in [-0.15, -0.1) is 0 Å². The van der Waals surface area contributed by atoms with Gasteiger partial charge in [0, 0.05) is 29.6 Å². The standard InChI is InChI=1S/C12H9FN2O/c1-16-9-2-3-10(12(13)4-9)11-7-15-6-8(11)5-14/h2-4,6-7,15H,1H3. The first-order chi connectivity index (χ1) is 7.76. The SMILES string of the molecule is COc1ccc(-c2c[nH]cc2C#N)c(F)c1. The zero-order chi connectivity index (χ0) is 11.5. The van der Waals surface area contributed by atoms with E-state index in [4.69, 9.17) is 10.00 Å². The van der Waals surface area contributed by atoms with Crippen LogP contribution in [0.3, 0.4) is 0 Å². The van der Waals surface area contributed by atoms with Gasteiger partial charge in [-0.25, -0.2) is 4.39 Å². The highest BCUT2D eigenvalue weighted by atomic mass is 19.1. The normalized spacial score (nSPS) is 9.81. The second-order valence-corrected chi connectivity index (χ2v) is 3.24. The molecule has 0 bridgehead atoms. The second kappa shape index (κ2) is 4.07. The molecule has 0 aliphatic carbocycles. The number of halogens is 1. The van der Waals surface area contributed by atoms with E-state index in [9.17, 15) is 4.39 Å². The van der Waals surface area contributed by atoms with Gasteiger partial charge >= 0.3 is 0 Å². The third-order valence-electron chi connectivity index (χ3n) is 2.33. The molecule has 1 aromatic carbocycles. The largest absolute Gasteiger partial charge is 0.497 e. The third kappa shape index (κ3) is 1.63. The topological polar surface area (TPSA) is 48.8 Å². The molecule has 2 aromatic rings. The van der Waals surface area contributed by atoms with Crippen LogP contribution in [0.15, 0.2) is 30.6 Å². The molecule has 3 nitrogen and oxygen atoms in total. The van der Waals surface area contributed by atoms with Crippen molar-refractivity contribution in [3.63, 3.8) is 0 Å². The average molecular weight is 216 g/mol. The Hall–Kier alpha value is -2.28. The highest BCUT2D eigenvalue weighted by Crippen LogP contribution is 2.28. The third-order valence-corrected chi connectivity index (χ3v) is 2.33. The molecule has 0 amide bonds. The monoisotopic (exact) mass is 216 g/mol. The number of H-pyrrole nitrogens is 1. The number of aromatic amines is 1. The summed E-state index contributed by atoms with van der Waals surface area (Å²) < 4.78 is 18.6. The fraction of sp³-hybridized carbons (Fsp3) is 0.0833. The maximum atomic E-state index is 13.7. The molecule has 1 aromatic heterocycles. The molecule has 0 saturated heterocycles. The van der Waals surface area contributed by atoms with E-state index in [1.54, 1.807) is 24.5 Å². The van der Waals surface area contributed by atoms with Gasteiger partial charge in [0.2, 0.25) is 0 Å². The van der Waals surface area contributed by atoms with Crippen molar-refractivity contribution in [2.24, 2.45) is 0 Å². The Morgan fingerprint density at radius 3 is 2.75 bits per heavy atom. The van der Waals surface area contributed by atoms with Gasteiger partial charge < -0.3 is 9.72 Å². The zero-order valence-electron chi connectivity index (χ0n) is 8.62. The molecule has 80 valence electrons. The van der Waals surface area contributed by atoms with Gasteiger partial charge in [0.05, 0.1) is 12.7 Å². The van der Waals surface area contributed by atoms with Crippen LogP contribution >= 0.6 is 0 Å². The molecule has 16 heavy (non-hydrogen) atoms. The van der Waals surface area contributed by atoms with Crippen LogP contribution in [-0.4, -0.2) is 12.1 Å². The van der Waals surface area contributed by atoms with Gasteiger partial charge in [0.15, 0.2) is 0 Å². The molecule has 1 heterocycles. The Morgan fingerprint density at radius 2 is 2.12 bits per heavy atom. The van der Waals surface area contributed by atoms with Crippen LogP contribution in [0.5, 0.6) is 5.75 Å². The molecule has 0 radical (unpaired) electrons. The van der Waals surface area contributed by atoms with Gasteiger partial charge in [-0.1, -0.05) is 0 Å². The van der Waals surface area contributed by atoms with Crippen molar-refractivity contribution in [3.05, 3.63) is 42.0 Å². The lowest BCUT2D eigenvalue weighted by atomic mass is 10.0. The zero-order valence-corrected chi connectivity index (χ0v) is 8.62. The number of rotatable bonds is 2. The minimum atomic E-state index is -0.407. The molecule has 1 N–H and O–H groups in total. The van der Waals surface area contributed by atoms with Crippen molar-refractivity contribution < 1.29 is 9.13 Å². The molecular weight excluding hydrogens is 207 g/mol. The van der Waals surface area contributed by atoms with Gasteiger partial charge in [-0.2, -0.15) is 5.26 Å². The highest BCUT2D eigenvalue weighted by Gasteiger charge is 2.11. The number of benzene rings is 1. The van der Waals surface area contributed by atoms with Gasteiger partial charge in [-0.3, -0.25) is 0 Å². The predicted molar refractivity (Wildman–Crippen MR) is 57.5 cm³/mol. The maximum Gasteiger partial charge on any atom is 0.134 e. The van der Waals surface area contributed by atoms with E-state index in [0.717, 1.165) is 0 Å². The molecule has 2 rings (SSSR count). The molecule has 4 heteroatoms. The second-order valence-electron chi connectivity index (χ2n) is 3.24. The van der Waals surface area contributed by atoms with Crippen molar-refractivity contribution in [2.75, 3.05) is 7.11 Å². The number of nitrogens with zero attached hydrogens (tertiary/aromatic N) is 1. The van der Waals surface area contributed by atoms with Gasteiger partial charge in [0.25, 0.3) is 0 Å². The van der Waals surface area contributed by atoms with E-state index in [1.165, 1.54) is 13.2 Å². The quantitative estimate of drug-likeness (QED) is 0.838. The van der Waals surface area contributed by atoms with Crippen LogP contribution in [0, 0.1) is 17.1 Å². The van der Waals surface area contributed by atoms with Crippen LogP contribution in [-0.2, 0) is 0 Å². The van der Waals surface area contributed by atoms with Crippen LogP contribution in [0.2, 0.25) is 0 Å². The van der Waals surface area contributed by atoms with E-state index in [1.807, 2.05) is 6.07 Å². The van der Waals surface area contributed by atoms with Crippen LogP contribution in [0.25, 0.3) is 11.1 Å². The Kier molecular flexibility index (Phi) is 2.61. The molecule has 0 aliphatic rings. The summed E-state index contributed by atoms with van der Waals surface area (Å²) in [5, 5.41) is 8.84. The predicted octanol–water partition coefficient (Wildman–Crippen LogP) is 2.70. The van der Waals surface area contributed by atoms with Crippen LogP contribution in [0.4, 0.5) is 4.39 Å². The summed E-state index contributed by atoms with van der Waals surface area (Å²) in [7, 11) is 1.48. The first-order valence-corrected chi connectivity index (χ1v) is 4.67. The molecule has 0 aliphatic heterocycles. The lowest BCUT2D eigenvalue weighted by Gasteiger charge is -2.04. The molecule has 0 unspecified atom stereocenters. The van der Waals surface area contributed by atoms with Crippen LogP contribution in [0.1, 0.15) is 5.56 Å². The summed E-state index contributed by atoms with van der Waals surface area (Å²) in [6, 6.07) is 6.55. The minimum Gasteiger partial charge on any atom is -0.497 e. The lowest BCUT2D eigenvalue weighted by molar-refractivity contribution is 0.411. The van der Waals surface area contributed by atoms with E-state index < -0.39 is 5.82 Å². The molecule has 0 saturated carbocycles. The van der Waals surface area contributed by atoms with Crippen molar-refractivity contribution in [1.82, 2.24) is 4.98 Å². The van der Waals surface area contributed by atoms with Gasteiger partial charge in [-0.05, 0) is 12.1 Å². The van der Waals surface area contributed by atoms with E-state index >= 15 is 0 Å². The Morgan fingerprint density at radius 1 is 1.31 bits per heavy atom.